The van der Waals surface area contributed by atoms with Crippen LogP contribution in [0, 0.1) is 5.82 Å². The summed E-state index contributed by atoms with van der Waals surface area (Å²) < 4.78 is 13.8. The van der Waals surface area contributed by atoms with Gasteiger partial charge in [0.1, 0.15) is 5.82 Å². The molecule has 0 heterocycles. The highest BCUT2D eigenvalue weighted by Crippen LogP contribution is 2.29. The topological polar surface area (TPSA) is 29.3 Å². The van der Waals surface area contributed by atoms with Crippen LogP contribution in [0.25, 0.3) is 0 Å². The number of anilines is 1. The summed E-state index contributed by atoms with van der Waals surface area (Å²) in [6.07, 6.45) is 0. The highest BCUT2D eigenvalue weighted by atomic mass is 35.5. The second-order valence-corrected chi connectivity index (χ2v) is 5.20. The van der Waals surface area contributed by atoms with Crippen LogP contribution in [0.4, 0.5) is 10.1 Å². The Hall–Kier alpha value is -1.58. The maximum Gasteiger partial charge on any atom is 0.128 e. The van der Waals surface area contributed by atoms with Gasteiger partial charge in [-0.15, -0.1) is 0 Å². The van der Waals surface area contributed by atoms with Gasteiger partial charge in [-0.2, -0.15) is 0 Å². The van der Waals surface area contributed by atoms with Gasteiger partial charge in [-0.1, -0.05) is 35.9 Å². The van der Waals surface area contributed by atoms with Crippen LogP contribution in [-0.2, 0) is 6.54 Å². The summed E-state index contributed by atoms with van der Waals surface area (Å²) in [7, 11) is 1.92. The van der Waals surface area contributed by atoms with Gasteiger partial charge in [0.25, 0.3) is 0 Å². The normalized spacial score (nSPS) is 12.2. The van der Waals surface area contributed by atoms with Crippen molar-refractivity contribution in [3.63, 3.8) is 0 Å². The first kappa shape index (κ1) is 14.8. The summed E-state index contributed by atoms with van der Waals surface area (Å²) in [6.45, 7) is 2.37. The van der Waals surface area contributed by atoms with Gasteiger partial charge in [-0.3, -0.25) is 0 Å². The molecule has 0 saturated carbocycles. The predicted molar refractivity (Wildman–Crippen MR) is 82.6 cm³/mol. The molecule has 2 rings (SSSR count). The molecule has 0 aliphatic rings. The molecule has 0 bridgehead atoms. The highest BCUT2D eigenvalue weighted by Gasteiger charge is 2.16. The van der Waals surface area contributed by atoms with E-state index in [0.717, 1.165) is 11.3 Å². The Labute approximate surface area is 124 Å². The molecule has 1 atom stereocenters. The van der Waals surface area contributed by atoms with Crippen molar-refractivity contribution in [1.29, 1.82) is 0 Å². The zero-order valence-electron chi connectivity index (χ0n) is 11.6. The third-order valence-electron chi connectivity index (χ3n) is 3.60. The van der Waals surface area contributed by atoms with Crippen molar-refractivity contribution in [3.05, 3.63) is 64.4 Å². The smallest absolute Gasteiger partial charge is 0.128 e. The molecule has 2 N–H and O–H groups in total. The summed E-state index contributed by atoms with van der Waals surface area (Å²) in [4.78, 5) is 1.99. The van der Waals surface area contributed by atoms with Crippen molar-refractivity contribution in [1.82, 2.24) is 0 Å². The van der Waals surface area contributed by atoms with E-state index in [2.05, 4.69) is 0 Å². The highest BCUT2D eigenvalue weighted by molar-refractivity contribution is 6.31. The van der Waals surface area contributed by atoms with Crippen molar-refractivity contribution in [2.24, 2.45) is 5.73 Å². The largest absolute Gasteiger partial charge is 0.368 e. The monoisotopic (exact) mass is 292 g/mol. The van der Waals surface area contributed by atoms with Crippen LogP contribution in [0.5, 0.6) is 0 Å². The summed E-state index contributed by atoms with van der Waals surface area (Å²) >= 11 is 6.17. The van der Waals surface area contributed by atoms with Crippen LogP contribution in [0.15, 0.2) is 42.5 Å². The standard InChI is InChI=1S/C16H18ClFN2/c1-11(14-5-3-4-6-16(14)18)20(2)13-8-7-12(10-19)15(17)9-13/h3-9,11H,10,19H2,1-2H3. The predicted octanol–water partition coefficient (Wildman–Crippen LogP) is 4.14. The molecule has 0 saturated heterocycles. The second-order valence-electron chi connectivity index (χ2n) is 4.79. The van der Waals surface area contributed by atoms with Crippen LogP contribution >= 0.6 is 11.6 Å². The molecule has 106 valence electrons. The molecule has 0 aromatic heterocycles. The molecule has 2 aromatic carbocycles. The maximum absolute atomic E-state index is 13.8. The fourth-order valence-corrected chi connectivity index (χ4v) is 2.42. The molecule has 0 fully saturated rings. The lowest BCUT2D eigenvalue weighted by Gasteiger charge is -2.28. The van der Waals surface area contributed by atoms with Crippen molar-refractivity contribution >= 4 is 17.3 Å². The van der Waals surface area contributed by atoms with E-state index in [1.165, 1.54) is 6.07 Å². The number of hydrogen-bond acceptors (Lipinski definition) is 2. The Morgan fingerprint density at radius 3 is 2.55 bits per heavy atom. The van der Waals surface area contributed by atoms with E-state index in [1.54, 1.807) is 12.1 Å². The molecule has 2 aromatic rings. The van der Waals surface area contributed by atoms with E-state index in [-0.39, 0.29) is 11.9 Å². The minimum atomic E-state index is -0.198. The van der Waals surface area contributed by atoms with Crippen LogP contribution in [0.2, 0.25) is 5.02 Å². The van der Waals surface area contributed by atoms with Gasteiger partial charge in [-0.05, 0) is 30.7 Å². The number of nitrogens with two attached hydrogens (primary N) is 1. The lowest BCUT2D eigenvalue weighted by Crippen LogP contribution is -2.22. The third kappa shape index (κ3) is 2.94. The SMILES string of the molecule is CC(c1ccccc1F)N(C)c1ccc(CN)c(Cl)c1. The molecule has 0 amide bonds. The minimum Gasteiger partial charge on any atom is -0.368 e. The fraction of sp³-hybridized carbons (Fsp3) is 0.250. The Kier molecular flexibility index (Phi) is 4.63. The van der Waals surface area contributed by atoms with Crippen LogP contribution < -0.4 is 10.6 Å². The van der Waals surface area contributed by atoms with Gasteiger partial charge in [0.15, 0.2) is 0 Å². The summed E-state index contributed by atoms with van der Waals surface area (Å²) in [6, 6.07) is 12.4. The van der Waals surface area contributed by atoms with Crippen LogP contribution in [0.1, 0.15) is 24.1 Å². The molecule has 0 radical (unpaired) electrons. The molecule has 2 nitrogen and oxygen atoms in total. The van der Waals surface area contributed by atoms with E-state index in [0.29, 0.717) is 17.1 Å². The van der Waals surface area contributed by atoms with E-state index in [4.69, 9.17) is 17.3 Å². The van der Waals surface area contributed by atoms with Gasteiger partial charge in [-0.25, -0.2) is 4.39 Å². The average molecular weight is 293 g/mol. The molecule has 0 aliphatic carbocycles. The van der Waals surface area contributed by atoms with E-state index in [9.17, 15) is 4.39 Å². The Bertz CT molecular complexity index is 601. The van der Waals surface area contributed by atoms with Gasteiger partial charge < -0.3 is 10.6 Å². The lowest BCUT2D eigenvalue weighted by atomic mass is 10.1. The zero-order valence-corrected chi connectivity index (χ0v) is 12.4. The molecular formula is C16H18ClFN2. The number of halogens is 2. The van der Waals surface area contributed by atoms with Crippen LogP contribution in [-0.4, -0.2) is 7.05 Å². The van der Waals surface area contributed by atoms with Crippen LogP contribution in [0.3, 0.4) is 0 Å². The maximum atomic E-state index is 13.8. The summed E-state index contributed by atoms with van der Waals surface area (Å²) in [5.41, 5.74) is 8.10. The average Bonchev–Trinajstić information content (AvgIpc) is 2.46. The second kappa shape index (κ2) is 6.25. The Morgan fingerprint density at radius 1 is 1.25 bits per heavy atom. The van der Waals surface area contributed by atoms with Crippen molar-refractivity contribution in [2.75, 3.05) is 11.9 Å². The van der Waals surface area contributed by atoms with Crippen molar-refractivity contribution < 1.29 is 4.39 Å². The molecule has 0 spiro atoms. The Balaban J connectivity index is 2.29. The lowest BCUT2D eigenvalue weighted by molar-refractivity contribution is 0.585. The Morgan fingerprint density at radius 2 is 1.95 bits per heavy atom. The molecular weight excluding hydrogens is 275 g/mol. The van der Waals surface area contributed by atoms with Gasteiger partial charge in [0, 0.05) is 29.9 Å². The van der Waals surface area contributed by atoms with E-state index in [1.807, 2.05) is 43.1 Å². The first-order valence-electron chi connectivity index (χ1n) is 6.50. The first-order chi connectivity index (χ1) is 9.54. The number of nitrogens with zero attached hydrogens (tertiary/aromatic N) is 1. The number of rotatable bonds is 4. The summed E-state index contributed by atoms with van der Waals surface area (Å²) in [5, 5.41) is 0.637. The molecule has 20 heavy (non-hydrogen) atoms. The quantitative estimate of drug-likeness (QED) is 0.918. The minimum absolute atomic E-state index is 0.0870. The van der Waals surface area contributed by atoms with Gasteiger partial charge in [0.2, 0.25) is 0 Å². The summed E-state index contributed by atoms with van der Waals surface area (Å²) in [5.74, 6) is -0.198. The van der Waals surface area contributed by atoms with E-state index >= 15 is 0 Å². The van der Waals surface area contributed by atoms with E-state index < -0.39 is 0 Å². The zero-order chi connectivity index (χ0) is 14.7. The fourth-order valence-electron chi connectivity index (χ4n) is 2.17. The van der Waals surface area contributed by atoms with Crippen molar-refractivity contribution in [3.8, 4) is 0 Å². The third-order valence-corrected chi connectivity index (χ3v) is 3.95. The first-order valence-corrected chi connectivity index (χ1v) is 6.88. The molecule has 1 unspecified atom stereocenters. The van der Waals surface area contributed by atoms with Crippen molar-refractivity contribution in [2.45, 2.75) is 19.5 Å². The molecule has 0 aliphatic heterocycles. The number of hydrogen-bond donors (Lipinski definition) is 1. The molecule has 4 heteroatoms. The van der Waals surface area contributed by atoms with Gasteiger partial charge in [0.05, 0.1) is 6.04 Å². The van der Waals surface area contributed by atoms with Gasteiger partial charge >= 0.3 is 0 Å². The number of benzene rings is 2.